The quantitative estimate of drug-likeness (QED) is 0.818. The molecule has 2 rings (SSSR count). The summed E-state index contributed by atoms with van der Waals surface area (Å²) in [5.74, 6) is 1.11. The zero-order valence-corrected chi connectivity index (χ0v) is 13.9. The van der Waals surface area contributed by atoms with Crippen LogP contribution in [0.5, 0.6) is 5.75 Å². The minimum absolute atomic E-state index is 0.0527. The van der Waals surface area contributed by atoms with Crippen LogP contribution in [-0.2, 0) is 0 Å². The lowest BCUT2D eigenvalue weighted by atomic mass is 10.2. The average Bonchev–Trinajstić information content (AvgIpc) is 2.60. The maximum Gasteiger partial charge on any atom is 0.269 e. The van der Waals surface area contributed by atoms with Gasteiger partial charge in [-0.2, -0.15) is 10.2 Å². The molecule has 7 nitrogen and oxygen atoms in total. The molecule has 0 aliphatic carbocycles. The molecule has 0 unspecified atom stereocenters. The lowest BCUT2D eigenvalue weighted by Crippen LogP contribution is -2.45. The van der Waals surface area contributed by atoms with Gasteiger partial charge in [0.1, 0.15) is 11.8 Å². The van der Waals surface area contributed by atoms with Gasteiger partial charge in [0.05, 0.1) is 7.11 Å². The molecule has 0 saturated carbocycles. The molecule has 2 aromatic rings. The summed E-state index contributed by atoms with van der Waals surface area (Å²) >= 11 is 0. The van der Waals surface area contributed by atoms with Crippen LogP contribution in [0.2, 0.25) is 0 Å². The van der Waals surface area contributed by atoms with Crippen molar-refractivity contribution in [3.63, 3.8) is 0 Å². The Morgan fingerprint density at radius 2 is 2.21 bits per heavy atom. The second-order valence-corrected chi connectivity index (χ2v) is 5.53. The highest BCUT2D eigenvalue weighted by atomic mass is 16.5. The van der Waals surface area contributed by atoms with Gasteiger partial charge in [0, 0.05) is 24.4 Å². The van der Waals surface area contributed by atoms with Gasteiger partial charge < -0.3 is 4.74 Å². The van der Waals surface area contributed by atoms with Crippen molar-refractivity contribution in [3.05, 3.63) is 47.9 Å². The Bertz CT molecular complexity index is 755. The number of methoxy groups -OCH3 is 1. The van der Waals surface area contributed by atoms with Crippen molar-refractivity contribution in [2.45, 2.75) is 13.8 Å². The molecular formula is C17H19N5O2. The summed E-state index contributed by atoms with van der Waals surface area (Å²) in [6, 6.07) is 10.4. The van der Waals surface area contributed by atoms with E-state index in [1.807, 2.05) is 19.9 Å². The van der Waals surface area contributed by atoms with E-state index in [4.69, 9.17) is 10.00 Å². The van der Waals surface area contributed by atoms with Gasteiger partial charge in [-0.25, -0.2) is 4.98 Å². The fraction of sp³-hybridized carbons (Fsp3) is 0.294. The number of nitrogens with zero attached hydrogens (tertiary/aromatic N) is 4. The van der Waals surface area contributed by atoms with E-state index < -0.39 is 0 Å². The highest BCUT2D eigenvalue weighted by Gasteiger charge is 2.16. The van der Waals surface area contributed by atoms with Crippen LogP contribution in [-0.4, -0.2) is 29.5 Å². The summed E-state index contributed by atoms with van der Waals surface area (Å²) in [7, 11) is 1.55. The molecule has 0 bridgehead atoms. The number of ether oxygens (including phenoxy) is 1. The minimum Gasteiger partial charge on any atom is -0.497 e. The monoisotopic (exact) mass is 325 g/mol. The van der Waals surface area contributed by atoms with Gasteiger partial charge >= 0.3 is 0 Å². The van der Waals surface area contributed by atoms with E-state index in [0.717, 1.165) is 0 Å². The lowest BCUT2D eigenvalue weighted by Gasteiger charge is -2.26. The number of aromatic nitrogens is 2. The number of anilines is 1. The van der Waals surface area contributed by atoms with Crippen molar-refractivity contribution in [2.75, 3.05) is 18.7 Å². The second kappa shape index (κ2) is 7.92. The zero-order chi connectivity index (χ0) is 17.5. The summed E-state index contributed by atoms with van der Waals surface area (Å²) in [5.41, 5.74) is 3.29. The maximum atomic E-state index is 12.5. The van der Waals surface area contributed by atoms with Crippen LogP contribution in [0.25, 0.3) is 0 Å². The Morgan fingerprint density at radius 1 is 1.42 bits per heavy atom. The summed E-state index contributed by atoms with van der Waals surface area (Å²) < 4.78 is 5.14. The van der Waals surface area contributed by atoms with Crippen LogP contribution < -0.4 is 15.2 Å². The van der Waals surface area contributed by atoms with Crippen molar-refractivity contribution >= 4 is 11.7 Å². The van der Waals surface area contributed by atoms with Gasteiger partial charge in [-0.05, 0) is 24.1 Å². The van der Waals surface area contributed by atoms with Crippen LogP contribution in [0.1, 0.15) is 30.0 Å². The van der Waals surface area contributed by atoms with Crippen LogP contribution in [0.3, 0.4) is 0 Å². The average molecular weight is 325 g/mol. The number of nitriles is 1. The third-order valence-electron chi connectivity index (χ3n) is 3.13. The Morgan fingerprint density at radius 3 is 2.88 bits per heavy atom. The summed E-state index contributed by atoms with van der Waals surface area (Å²) in [6.07, 6.45) is 1.49. The smallest absolute Gasteiger partial charge is 0.269 e. The van der Waals surface area contributed by atoms with E-state index in [0.29, 0.717) is 23.7 Å². The third-order valence-corrected chi connectivity index (χ3v) is 3.13. The first-order chi connectivity index (χ1) is 11.5. The first-order valence-corrected chi connectivity index (χ1v) is 7.49. The number of carbonyl (C=O) groups is 1. The molecule has 0 saturated heterocycles. The molecular weight excluding hydrogens is 306 g/mol. The largest absolute Gasteiger partial charge is 0.497 e. The van der Waals surface area contributed by atoms with E-state index in [1.54, 1.807) is 42.5 Å². The Kier molecular flexibility index (Phi) is 5.68. The first kappa shape index (κ1) is 17.2. The van der Waals surface area contributed by atoms with Gasteiger partial charge in [-0.3, -0.25) is 15.2 Å². The topological polar surface area (TPSA) is 91.1 Å². The van der Waals surface area contributed by atoms with Gasteiger partial charge in [0.15, 0.2) is 5.82 Å². The second-order valence-electron chi connectivity index (χ2n) is 5.53. The number of nitrogens with one attached hydrogen (secondary N) is 1. The van der Waals surface area contributed by atoms with Crippen LogP contribution in [0.15, 0.2) is 36.5 Å². The van der Waals surface area contributed by atoms with Crippen LogP contribution >= 0.6 is 0 Å². The number of hydrogen-bond acceptors (Lipinski definition) is 6. The SMILES string of the molecule is COc1cccc(C(=O)NN(CC(C)C)c2ccnc(C#N)n2)c1. The fourth-order valence-corrected chi connectivity index (χ4v) is 2.07. The van der Waals surface area contributed by atoms with E-state index in [1.165, 1.54) is 6.20 Å². The predicted octanol–water partition coefficient (Wildman–Crippen LogP) is 2.16. The Hall–Kier alpha value is -3.14. The minimum atomic E-state index is -0.285. The lowest BCUT2D eigenvalue weighted by molar-refractivity contribution is 0.0947. The van der Waals surface area contributed by atoms with Crippen molar-refractivity contribution in [3.8, 4) is 11.8 Å². The van der Waals surface area contributed by atoms with Crippen LogP contribution in [0, 0.1) is 17.2 Å². The molecule has 124 valence electrons. The molecule has 1 N–H and O–H groups in total. The number of amides is 1. The Balaban J connectivity index is 2.24. The number of rotatable bonds is 6. The summed E-state index contributed by atoms with van der Waals surface area (Å²) in [5, 5.41) is 10.6. The molecule has 7 heteroatoms. The molecule has 1 heterocycles. The van der Waals surface area contributed by atoms with Gasteiger partial charge in [-0.15, -0.1) is 0 Å². The molecule has 0 aliphatic heterocycles. The molecule has 0 aliphatic rings. The third kappa shape index (κ3) is 4.43. The first-order valence-electron chi connectivity index (χ1n) is 7.49. The normalized spacial score (nSPS) is 10.1. The van der Waals surface area contributed by atoms with E-state index in [9.17, 15) is 4.79 Å². The molecule has 0 fully saturated rings. The molecule has 0 radical (unpaired) electrons. The standard InChI is InChI=1S/C17H19N5O2/c1-12(2)11-22(16-7-8-19-15(10-18)20-16)21-17(23)13-5-4-6-14(9-13)24-3/h4-9,12H,11H2,1-3H3,(H,21,23). The summed E-state index contributed by atoms with van der Waals surface area (Å²) in [6.45, 7) is 4.59. The highest BCUT2D eigenvalue weighted by molar-refractivity contribution is 5.95. The number of hydrazine groups is 1. The highest BCUT2D eigenvalue weighted by Crippen LogP contribution is 2.14. The molecule has 0 spiro atoms. The van der Waals surface area contributed by atoms with Gasteiger partial charge in [0.2, 0.25) is 5.82 Å². The van der Waals surface area contributed by atoms with Gasteiger partial charge in [-0.1, -0.05) is 19.9 Å². The molecule has 0 atom stereocenters. The predicted molar refractivity (Wildman–Crippen MR) is 89.4 cm³/mol. The van der Waals surface area contributed by atoms with Gasteiger partial charge in [0.25, 0.3) is 5.91 Å². The number of hydrogen-bond donors (Lipinski definition) is 1. The van der Waals surface area contributed by atoms with Crippen molar-refractivity contribution in [1.82, 2.24) is 15.4 Å². The van der Waals surface area contributed by atoms with Crippen molar-refractivity contribution in [2.24, 2.45) is 5.92 Å². The zero-order valence-electron chi connectivity index (χ0n) is 13.9. The van der Waals surface area contributed by atoms with E-state index in [2.05, 4.69) is 15.4 Å². The molecule has 1 aromatic heterocycles. The molecule has 24 heavy (non-hydrogen) atoms. The van der Waals surface area contributed by atoms with Crippen LogP contribution in [0.4, 0.5) is 5.82 Å². The fourth-order valence-electron chi connectivity index (χ4n) is 2.07. The molecule has 1 amide bonds. The van der Waals surface area contributed by atoms with E-state index >= 15 is 0 Å². The summed E-state index contributed by atoms with van der Waals surface area (Å²) in [4.78, 5) is 20.5. The van der Waals surface area contributed by atoms with Crippen molar-refractivity contribution in [1.29, 1.82) is 5.26 Å². The number of carbonyl (C=O) groups excluding carboxylic acids is 1. The Labute approximate surface area is 140 Å². The maximum absolute atomic E-state index is 12.5. The van der Waals surface area contributed by atoms with Crippen molar-refractivity contribution < 1.29 is 9.53 Å². The number of benzene rings is 1. The molecule has 1 aromatic carbocycles. The van der Waals surface area contributed by atoms with E-state index in [-0.39, 0.29) is 17.6 Å².